The summed E-state index contributed by atoms with van der Waals surface area (Å²) in [5, 5.41) is 0. The van der Waals surface area contributed by atoms with Crippen molar-refractivity contribution in [3.8, 4) is 0 Å². The van der Waals surface area contributed by atoms with Crippen molar-refractivity contribution in [2.75, 3.05) is 4.90 Å². The third-order valence-electron chi connectivity index (χ3n) is 6.58. The Morgan fingerprint density at radius 1 is 0.793 bits per heavy atom. The minimum absolute atomic E-state index is 0.111. The van der Waals surface area contributed by atoms with E-state index < -0.39 is 16.2 Å². The summed E-state index contributed by atoms with van der Waals surface area (Å²) in [5.74, 6) is -1.24. The molecule has 0 radical (unpaired) electrons. The molecular formula is C24H15Br2NO2. The van der Waals surface area contributed by atoms with Gasteiger partial charge in [-0.15, -0.1) is 0 Å². The van der Waals surface area contributed by atoms with Gasteiger partial charge in [0, 0.05) is 10.4 Å². The summed E-state index contributed by atoms with van der Waals surface area (Å²) < 4.78 is 0.140. The molecule has 2 bridgehead atoms. The van der Waals surface area contributed by atoms with Gasteiger partial charge in [-0.2, -0.15) is 0 Å². The number of benzene rings is 3. The number of nitrogens with zero attached hydrogens (tertiary/aromatic N) is 1. The number of rotatable bonds is 1. The van der Waals surface area contributed by atoms with Gasteiger partial charge < -0.3 is 0 Å². The molecule has 1 aliphatic heterocycles. The van der Waals surface area contributed by atoms with Crippen LogP contribution in [0.2, 0.25) is 0 Å². The number of anilines is 1. The van der Waals surface area contributed by atoms with Crippen LogP contribution in [0.15, 0.2) is 77.3 Å². The number of alkyl halides is 1. The zero-order valence-electron chi connectivity index (χ0n) is 15.2. The Balaban J connectivity index is 1.63. The topological polar surface area (TPSA) is 37.4 Å². The first-order chi connectivity index (χ1) is 14.0. The van der Waals surface area contributed by atoms with E-state index >= 15 is 0 Å². The van der Waals surface area contributed by atoms with Gasteiger partial charge in [0.15, 0.2) is 0 Å². The van der Waals surface area contributed by atoms with Crippen molar-refractivity contribution in [2.45, 2.75) is 10.2 Å². The highest BCUT2D eigenvalue weighted by atomic mass is 79.9. The molecule has 3 nitrogen and oxygen atoms in total. The predicted octanol–water partition coefficient (Wildman–Crippen LogP) is 5.35. The highest BCUT2D eigenvalue weighted by molar-refractivity contribution is 9.10. The van der Waals surface area contributed by atoms with Gasteiger partial charge in [-0.25, -0.2) is 4.90 Å². The molecule has 0 aromatic heterocycles. The summed E-state index contributed by atoms with van der Waals surface area (Å²) in [6, 6.07) is 23.8. The lowest BCUT2D eigenvalue weighted by Gasteiger charge is -2.51. The van der Waals surface area contributed by atoms with Crippen LogP contribution in [0.25, 0.3) is 0 Å². The first-order valence-corrected chi connectivity index (χ1v) is 11.1. The summed E-state index contributed by atoms with van der Waals surface area (Å²) in [4.78, 5) is 28.8. The van der Waals surface area contributed by atoms with Crippen molar-refractivity contribution in [1.29, 1.82) is 0 Å². The second-order valence-electron chi connectivity index (χ2n) is 7.86. The molecule has 0 saturated carbocycles. The Hall–Kier alpha value is -2.24. The number of hydrogen-bond acceptors (Lipinski definition) is 2. The van der Waals surface area contributed by atoms with Crippen molar-refractivity contribution in [2.24, 2.45) is 11.8 Å². The Morgan fingerprint density at radius 3 is 2.03 bits per heavy atom. The van der Waals surface area contributed by atoms with E-state index in [0.29, 0.717) is 5.69 Å². The van der Waals surface area contributed by atoms with Crippen molar-refractivity contribution < 1.29 is 9.59 Å². The smallest absolute Gasteiger partial charge is 0.239 e. The SMILES string of the molecule is O=C1[C@@H]2C3c4ccccc4C(Br)(c4ccccc43)[C@H]2C(=O)N1c1cccc(Br)c1. The number of carbonyl (C=O) groups excluding carboxylic acids is 2. The molecule has 142 valence electrons. The quantitative estimate of drug-likeness (QED) is 0.328. The molecule has 3 aromatic rings. The minimum atomic E-state index is -0.701. The van der Waals surface area contributed by atoms with E-state index in [9.17, 15) is 9.59 Å². The lowest BCUT2D eigenvalue weighted by molar-refractivity contribution is -0.122. The van der Waals surface area contributed by atoms with Crippen LogP contribution in [0.4, 0.5) is 5.69 Å². The van der Waals surface area contributed by atoms with Gasteiger partial charge in [0.2, 0.25) is 11.8 Å². The molecule has 2 atom stereocenters. The fraction of sp³-hybridized carbons (Fsp3) is 0.167. The van der Waals surface area contributed by atoms with Gasteiger partial charge in [0.1, 0.15) is 0 Å². The molecule has 29 heavy (non-hydrogen) atoms. The van der Waals surface area contributed by atoms with Crippen LogP contribution >= 0.6 is 31.9 Å². The molecule has 3 aliphatic carbocycles. The predicted molar refractivity (Wildman–Crippen MR) is 118 cm³/mol. The number of hydrogen-bond donors (Lipinski definition) is 0. The number of imide groups is 1. The standard InChI is InChI=1S/C24H15Br2NO2/c25-13-6-5-7-14(12-13)27-22(28)20-19-15-8-1-3-10-17(15)24(26,21(20)23(27)29)18-11-4-2-9-16(18)19/h1-12,19-21H/t19?,20-,21-,24?/m1/s1. The molecule has 0 unspecified atom stereocenters. The molecule has 7 rings (SSSR count). The van der Waals surface area contributed by atoms with Crippen molar-refractivity contribution in [3.05, 3.63) is 99.5 Å². The lowest BCUT2D eigenvalue weighted by Crippen LogP contribution is -2.50. The maximum Gasteiger partial charge on any atom is 0.239 e. The van der Waals surface area contributed by atoms with Gasteiger partial charge >= 0.3 is 0 Å². The van der Waals surface area contributed by atoms with Crippen LogP contribution in [0.5, 0.6) is 0 Å². The van der Waals surface area contributed by atoms with E-state index in [0.717, 1.165) is 26.7 Å². The molecule has 0 N–H and O–H groups in total. The van der Waals surface area contributed by atoms with Gasteiger partial charge in [0.05, 0.1) is 21.8 Å². The van der Waals surface area contributed by atoms with Crippen molar-refractivity contribution in [1.82, 2.24) is 0 Å². The average Bonchev–Trinajstić information content (AvgIpc) is 3.00. The Kier molecular flexibility index (Phi) is 3.58. The lowest BCUT2D eigenvalue weighted by atomic mass is 9.55. The molecular weight excluding hydrogens is 494 g/mol. The summed E-state index contributed by atoms with van der Waals surface area (Å²) in [6.45, 7) is 0. The van der Waals surface area contributed by atoms with Crippen LogP contribution in [-0.2, 0) is 13.9 Å². The number of halogens is 2. The number of carbonyl (C=O) groups is 2. The average molecular weight is 509 g/mol. The zero-order valence-corrected chi connectivity index (χ0v) is 18.4. The largest absolute Gasteiger partial charge is 0.274 e. The van der Waals surface area contributed by atoms with Gasteiger partial charge in [-0.3, -0.25) is 9.59 Å². The molecule has 2 amide bonds. The zero-order chi connectivity index (χ0) is 19.9. The molecule has 5 heteroatoms. The van der Waals surface area contributed by atoms with E-state index in [-0.39, 0.29) is 17.7 Å². The Bertz CT molecular complexity index is 1170. The first-order valence-electron chi connectivity index (χ1n) is 9.54. The van der Waals surface area contributed by atoms with Crippen LogP contribution in [0, 0.1) is 11.8 Å². The van der Waals surface area contributed by atoms with Crippen LogP contribution < -0.4 is 4.90 Å². The monoisotopic (exact) mass is 507 g/mol. The van der Waals surface area contributed by atoms with Gasteiger partial charge in [-0.1, -0.05) is 86.5 Å². The first kappa shape index (κ1) is 17.6. The second kappa shape index (κ2) is 5.89. The maximum atomic E-state index is 13.7. The summed E-state index contributed by atoms with van der Waals surface area (Å²) in [5.41, 5.74) is 5.10. The normalized spacial score (nSPS) is 28.9. The fourth-order valence-electron chi connectivity index (χ4n) is 5.55. The van der Waals surface area contributed by atoms with Crippen LogP contribution in [0.3, 0.4) is 0 Å². The molecule has 1 fully saturated rings. The second-order valence-corrected chi connectivity index (χ2v) is 10.0. The third kappa shape index (κ3) is 2.07. The van der Waals surface area contributed by atoms with Crippen molar-refractivity contribution in [3.63, 3.8) is 0 Å². The molecule has 0 spiro atoms. The van der Waals surface area contributed by atoms with Crippen LogP contribution in [0.1, 0.15) is 28.2 Å². The van der Waals surface area contributed by atoms with Crippen LogP contribution in [-0.4, -0.2) is 11.8 Å². The van der Waals surface area contributed by atoms with Crippen molar-refractivity contribution >= 4 is 49.4 Å². The Morgan fingerprint density at radius 2 is 1.41 bits per heavy atom. The highest BCUT2D eigenvalue weighted by Crippen LogP contribution is 2.66. The van der Waals surface area contributed by atoms with E-state index in [1.165, 1.54) is 4.90 Å². The van der Waals surface area contributed by atoms with Gasteiger partial charge in [0.25, 0.3) is 0 Å². The van der Waals surface area contributed by atoms with E-state index in [4.69, 9.17) is 0 Å². The van der Waals surface area contributed by atoms with E-state index in [1.54, 1.807) is 0 Å². The summed E-state index contributed by atoms with van der Waals surface area (Å²) in [6.07, 6.45) is 0. The minimum Gasteiger partial charge on any atom is -0.274 e. The maximum absolute atomic E-state index is 13.7. The summed E-state index contributed by atoms with van der Waals surface area (Å²) >= 11 is 7.47. The Labute approximate surface area is 185 Å². The third-order valence-corrected chi connectivity index (χ3v) is 8.42. The summed E-state index contributed by atoms with van der Waals surface area (Å²) in [7, 11) is 0. The molecule has 1 heterocycles. The van der Waals surface area contributed by atoms with E-state index in [1.807, 2.05) is 48.5 Å². The highest BCUT2D eigenvalue weighted by Gasteiger charge is 2.67. The molecule has 4 aliphatic rings. The molecule has 1 saturated heterocycles. The molecule has 3 aromatic carbocycles. The van der Waals surface area contributed by atoms with E-state index in [2.05, 4.69) is 56.1 Å². The fourth-order valence-corrected chi connectivity index (χ4v) is 7.14. The number of amides is 2. The van der Waals surface area contributed by atoms with Gasteiger partial charge in [-0.05, 0) is 40.5 Å².